The second-order valence-electron chi connectivity index (χ2n) is 6.06. The highest BCUT2D eigenvalue weighted by atomic mass is 32.2. The van der Waals surface area contributed by atoms with E-state index in [1.54, 1.807) is 16.7 Å². The molecule has 2 heterocycles. The molecule has 2 N–H and O–H groups in total. The first-order valence-corrected chi connectivity index (χ1v) is 7.88. The molecule has 6 heteroatoms. The molecular formula is C13H20N2O3S. The van der Waals surface area contributed by atoms with Gasteiger partial charge < -0.3 is 15.3 Å². The van der Waals surface area contributed by atoms with Gasteiger partial charge in [-0.25, -0.2) is 0 Å². The molecule has 0 aromatic carbocycles. The largest absolute Gasteiger partial charge is 0.388 e. The third-order valence-electron chi connectivity index (χ3n) is 4.62. The van der Waals surface area contributed by atoms with Crippen LogP contribution in [-0.4, -0.2) is 50.6 Å². The highest BCUT2D eigenvalue weighted by Crippen LogP contribution is 2.47. The zero-order valence-corrected chi connectivity index (χ0v) is 12.0. The molecule has 0 aromatic heterocycles. The van der Waals surface area contributed by atoms with E-state index in [-0.39, 0.29) is 22.7 Å². The molecule has 3 rings (SSSR count). The number of carbonyl (C=O) groups excluding carboxylic acids is 2. The first-order chi connectivity index (χ1) is 8.94. The number of aliphatic hydroxyl groups is 1. The van der Waals surface area contributed by atoms with E-state index >= 15 is 0 Å². The van der Waals surface area contributed by atoms with Crippen molar-refractivity contribution in [3.05, 3.63) is 0 Å². The number of thioether (sulfide) groups is 1. The third-order valence-corrected chi connectivity index (χ3v) is 6.13. The van der Waals surface area contributed by atoms with Crippen LogP contribution < -0.4 is 5.32 Å². The fourth-order valence-corrected chi connectivity index (χ4v) is 4.58. The SMILES string of the molecule is CC12CCC(=O)N1C(C(=O)NCC1(O)CCC1)CS2. The van der Waals surface area contributed by atoms with Gasteiger partial charge in [-0.1, -0.05) is 0 Å². The van der Waals surface area contributed by atoms with Gasteiger partial charge in [0.15, 0.2) is 0 Å². The molecule has 0 bridgehead atoms. The van der Waals surface area contributed by atoms with E-state index in [0.717, 1.165) is 25.7 Å². The van der Waals surface area contributed by atoms with Gasteiger partial charge in [0.05, 0.1) is 10.5 Å². The normalized spacial score (nSPS) is 36.0. The van der Waals surface area contributed by atoms with Gasteiger partial charge in [-0.05, 0) is 32.6 Å². The monoisotopic (exact) mass is 284 g/mol. The number of hydrogen-bond donors (Lipinski definition) is 2. The van der Waals surface area contributed by atoms with Crippen molar-refractivity contribution in [3.8, 4) is 0 Å². The minimum absolute atomic E-state index is 0.0787. The van der Waals surface area contributed by atoms with Crippen LogP contribution in [0, 0.1) is 0 Å². The summed E-state index contributed by atoms with van der Waals surface area (Å²) < 4.78 is 0. The quantitative estimate of drug-likeness (QED) is 0.790. The molecule has 19 heavy (non-hydrogen) atoms. The summed E-state index contributed by atoms with van der Waals surface area (Å²) in [5.74, 6) is 0.619. The maximum absolute atomic E-state index is 12.2. The first-order valence-electron chi connectivity index (χ1n) is 6.90. The fourth-order valence-electron chi connectivity index (χ4n) is 3.15. The summed E-state index contributed by atoms with van der Waals surface area (Å²) >= 11 is 1.69. The van der Waals surface area contributed by atoms with Crippen LogP contribution in [0.15, 0.2) is 0 Å². The van der Waals surface area contributed by atoms with Gasteiger partial charge in [0, 0.05) is 18.7 Å². The predicted molar refractivity (Wildman–Crippen MR) is 72.5 cm³/mol. The molecule has 3 aliphatic rings. The van der Waals surface area contributed by atoms with Crippen LogP contribution in [0.3, 0.4) is 0 Å². The van der Waals surface area contributed by atoms with Gasteiger partial charge in [-0.3, -0.25) is 9.59 Å². The smallest absolute Gasteiger partial charge is 0.243 e. The van der Waals surface area contributed by atoms with E-state index in [0.29, 0.717) is 18.7 Å². The zero-order chi connectivity index (χ0) is 13.7. The second-order valence-corrected chi connectivity index (χ2v) is 7.56. The molecule has 2 saturated heterocycles. The topological polar surface area (TPSA) is 69.6 Å². The van der Waals surface area contributed by atoms with Gasteiger partial charge in [0.1, 0.15) is 6.04 Å². The van der Waals surface area contributed by atoms with Crippen molar-refractivity contribution in [1.29, 1.82) is 0 Å². The highest BCUT2D eigenvalue weighted by molar-refractivity contribution is 8.01. The van der Waals surface area contributed by atoms with Crippen molar-refractivity contribution in [2.45, 2.75) is 55.5 Å². The second kappa shape index (κ2) is 4.38. The van der Waals surface area contributed by atoms with Gasteiger partial charge in [0.2, 0.25) is 11.8 Å². The minimum Gasteiger partial charge on any atom is -0.388 e. The summed E-state index contributed by atoms with van der Waals surface area (Å²) in [6.07, 6.45) is 3.90. The summed E-state index contributed by atoms with van der Waals surface area (Å²) in [6.45, 7) is 2.35. The number of carbonyl (C=O) groups is 2. The van der Waals surface area contributed by atoms with E-state index in [1.807, 2.05) is 6.92 Å². The van der Waals surface area contributed by atoms with Crippen LogP contribution in [0.4, 0.5) is 0 Å². The van der Waals surface area contributed by atoms with Crippen LogP contribution in [0.25, 0.3) is 0 Å². The van der Waals surface area contributed by atoms with E-state index in [1.165, 1.54) is 0 Å². The number of rotatable bonds is 3. The van der Waals surface area contributed by atoms with Crippen molar-refractivity contribution >= 4 is 23.6 Å². The molecule has 2 amide bonds. The molecule has 106 valence electrons. The maximum Gasteiger partial charge on any atom is 0.243 e. The van der Waals surface area contributed by atoms with Gasteiger partial charge in [0.25, 0.3) is 0 Å². The lowest BCUT2D eigenvalue weighted by atomic mass is 9.80. The lowest BCUT2D eigenvalue weighted by molar-refractivity contribution is -0.138. The molecule has 2 atom stereocenters. The number of hydrogen-bond acceptors (Lipinski definition) is 4. The molecule has 0 radical (unpaired) electrons. The van der Waals surface area contributed by atoms with Crippen molar-refractivity contribution in [2.24, 2.45) is 0 Å². The van der Waals surface area contributed by atoms with Crippen LogP contribution in [0.1, 0.15) is 39.0 Å². The molecule has 1 aliphatic carbocycles. The maximum atomic E-state index is 12.2. The average molecular weight is 284 g/mol. The van der Waals surface area contributed by atoms with Crippen LogP contribution in [-0.2, 0) is 9.59 Å². The molecule has 2 unspecified atom stereocenters. The Labute approximate surface area is 117 Å². The zero-order valence-electron chi connectivity index (χ0n) is 11.1. The molecule has 0 spiro atoms. The Hall–Kier alpha value is -0.750. The van der Waals surface area contributed by atoms with Crippen LogP contribution >= 0.6 is 11.8 Å². The summed E-state index contributed by atoms with van der Waals surface area (Å²) in [6, 6.07) is -0.367. The van der Waals surface area contributed by atoms with E-state index in [4.69, 9.17) is 0 Å². The molecular weight excluding hydrogens is 264 g/mol. The van der Waals surface area contributed by atoms with E-state index in [9.17, 15) is 14.7 Å². The summed E-state index contributed by atoms with van der Waals surface area (Å²) in [5.41, 5.74) is -0.709. The molecule has 0 aromatic rings. The summed E-state index contributed by atoms with van der Waals surface area (Å²) in [5, 5.41) is 12.8. The molecule has 1 saturated carbocycles. The molecule has 3 fully saturated rings. The average Bonchev–Trinajstić information content (AvgIpc) is 2.82. The Balaban J connectivity index is 1.62. The fraction of sp³-hybridized carbons (Fsp3) is 0.846. The molecule has 5 nitrogen and oxygen atoms in total. The Kier molecular flexibility index (Phi) is 3.05. The predicted octanol–water partition coefficient (Wildman–Crippen LogP) is 0.472. The number of amides is 2. The third kappa shape index (κ3) is 2.14. The number of fused-ring (bicyclic) bond motifs is 1. The number of nitrogens with zero attached hydrogens (tertiary/aromatic N) is 1. The molecule has 2 aliphatic heterocycles. The van der Waals surface area contributed by atoms with Gasteiger partial charge in [-0.15, -0.1) is 11.8 Å². The van der Waals surface area contributed by atoms with Crippen LogP contribution in [0.2, 0.25) is 0 Å². The van der Waals surface area contributed by atoms with Crippen molar-refractivity contribution in [2.75, 3.05) is 12.3 Å². The Morgan fingerprint density at radius 1 is 1.53 bits per heavy atom. The Bertz CT molecular complexity index is 424. The van der Waals surface area contributed by atoms with Gasteiger partial charge in [-0.2, -0.15) is 0 Å². The lowest BCUT2D eigenvalue weighted by Crippen LogP contribution is -2.54. The summed E-state index contributed by atoms with van der Waals surface area (Å²) in [7, 11) is 0. The van der Waals surface area contributed by atoms with Crippen molar-refractivity contribution in [3.63, 3.8) is 0 Å². The van der Waals surface area contributed by atoms with E-state index in [2.05, 4.69) is 5.32 Å². The van der Waals surface area contributed by atoms with E-state index < -0.39 is 5.60 Å². The minimum atomic E-state index is -0.709. The number of nitrogens with one attached hydrogen (secondary N) is 1. The van der Waals surface area contributed by atoms with Crippen LogP contribution in [0.5, 0.6) is 0 Å². The summed E-state index contributed by atoms with van der Waals surface area (Å²) in [4.78, 5) is 25.7. The Morgan fingerprint density at radius 2 is 2.26 bits per heavy atom. The van der Waals surface area contributed by atoms with Crippen molar-refractivity contribution in [1.82, 2.24) is 10.2 Å². The standard InChI is InChI=1S/C13H20N2O3S/c1-12-6-3-10(16)15(12)9(7-19-12)11(17)14-8-13(18)4-2-5-13/h9,18H,2-8H2,1H3,(H,14,17). The first kappa shape index (κ1) is 13.2. The van der Waals surface area contributed by atoms with Crippen molar-refractivity contribution < 1.29 is 14.7 Å². The Morgan fingerprint density at radius 3 is 2.89 bits per heavy atom. The lowest BCUT2D eigenvalue weighted by Gasteiger charge is -2.37. The highest BCUT2D eigenvalue weighted by Gasteiger charge is 2.53. The van der Waals surface area contributed by atoms with Gasteiger partial charge >= 0.3 is 0 Å².